The Kier molecular flexibility index (Phi) is 10.3. The van der Waals surface area contributed by atoms with Crippen LogP contribution in [0.25, 0.3) is 12.2 Å². The van der Waals surface area contributed by atoms with E-state index in [0.717, 1.165) is 56.4 Å². The van der Waals surface area contributed by atoms with Gasteiger partial charge in [-0.15, -0.1) is 0 Å². The van der Waals surface area contributed by atoms with Crippen LogP contribution in [0.1, 0.15) is 106 Å². The third-order valence-corrected chi connectivity index (χ3v) is 10.8. The topological polar surface area (TPSA) is 58.6 Å². The normalized spacial score (nSPS) is 28.4. The van der Waals surface area contributed by atoms with Gasteiger partial charge in [0.15, 0.2) is 0 Å². The molecule has 0 saturated heterocycles. The molecule has 6 atom stereocenters. The number of rotatable bonds is 12. The zero-order valence-electron chi connectivity index (χ0n) is 26.0. The number of carbonyl (C=O) groups excluding carboxylic acids is 1. The number of aliphatic hydroxyl groups excluding tert-OH is 1. The molecule has 0 aromatic heterocycles. The van der Waals surface area contributed by atoms with Gasteiger partial charge < -0.3 is 15.2 Å². The van der Waals surface area contributed by atoms with Gasteiger partial charge in [-0.1, -0.05) is 75.6 Å². The molecule has 2 aromatic carbocycles. The first-order valence-electron chi connectivity index (χ1n) is 16.5. The van der Waals surface area contributed by atoms with Crippen LogP contribution in [-0.2, 0) is 11.2 Å². The molecule has 3 aliphatic carbocycles. The number of aliphatic hydroxyl groups is 1. The van der Waals surface area contributed by atoms with Crippen LogP contribution in [0.15, 0.2) is 54.6 Å². The molecule has 2 aromatic rings. The summed E-state index contributed by atoms with van der Waals surface area (Å²) in [6.45, 7) is 5.31. The lowest BCUT2D eigenvalue weighted by atomic mass is 9.52. The van der Waals surface area contributed by atoms with E-state index in [2.05, 4.69) is 73.8 Å². The summed E-state index contributed by atoms with van der Waals surface area (Å²) in [4.78, 5) is 12.1. The van der Waals surface area contributed by atoms with E-state index >= 15 is 0 Å². The van der Waals surface area contributed by atoms with Crippen molar-refractivity contribution in [2.75, 3.05) is 13.7 Å². The molecule has 1 amide bonds. The zero-order chi connectivity index (χ0) is 29.5. The van der Waals surface area contributed by atoms with Gasteiger partial charge in [0.25, 0.3) is 0 Å². The van der Waals surface area contributed by atoms with E-state index in [0.29, 0.717) is 23.7 Å². The van der Waals surface area contributed by atoms with E-state index in [4.69, 9.17) is 4.74 Å². The number of hydrogen-bond acceptors (Lipinski definition) is 3. The van der Waals surface area contributed by atoms with Crippen molar-refractivity contribution in [2.24, 2.45) is 23.2 Å². The second kappa shape index (κ2) is 14.1. The van der Waals surface area contributed by atoms with Crippen LogP contribution in [0, 0.1) is 23.2 Å². The molecule has 0 spiro atoms. The lowest BCUT2D eigenvalue weighted by Crippen LogP contribution is -2.47. The van der Waals surface area contributed by atoms with Gasteiger partial charge in [0.1, 0.15) is 5.75 Å². The van der Waals surface area contributed by atoms with Crippen LogP contribution in [-0.4, -0.2) is 30.8 Å². The molecule has 0 aliphatic heterocycles. The number of benzene rings is 2. The monoisotopic (exact) mass is 569 g/mol. The summed E-state index contributed by atoms with van der Waals surface area (Å²) in [5.74, 6) is 3.42. The molecule has 42 heavy (non-hydrogen) atoms. The molecule has 3 unspecified atom stereocenters. The highest BCUT2D eigenvalue weighted by molar-refractivity contribution is 5.91. The van der Waals surface area contributed by atoms with Gasteiger partial charge in [-0.25, -0.2) is 0 Å². The van der Waals surface area contributed by atoms with E-state index in [9.17, 15) is 9.90 Å². The molecule has 0 bridgehead atoms. The Morgan fingerprint density at radius 1 is 1.05 bits per heavy atom. The van der Waals surface area contributed by atoms with Crippen molar-refractivity contribution >= 4 is 18.1 Å². The average molecular weight is 570 g/mol. The van der Waals surface area contributed by atoms with Gasteiger partial charge in [-0.2, -0.15) is 0 Å². The highest BCUT2D eigenvalue weighted by Crippen LogP contribution is 2.62. The molecule has 0 heterocycles. The largest absolute Gasteiger partial charge is 0.497 e. The van der Waals surface area contributed by atoms with Crippen LogP contribution in [0.4, 0.5) is 0 Å². The fourth-order valence-electron chi connectivity index (χ4n) is 8.39. The maximum absolute atomic E-state index is 12.1. The van der Waals surface area contributed by atoms with Gasteiger partial charge in [-0.05, 0) is 121 Å². The number of allylic oxidation sites excluding steroid dienone is 1. The van der Waals surface area contributed by atoms with Crippen molar-refractivity contribution in [3.05, 3.63) is 76.9 Å². The molecule has 4 heteroatoms. The minimum atomic E-state index is -0.149. The summed E-state index contributed by atoms with van der Waals surface area (Å²) >= 11 is 0. The summed E-state index contributed by atoms with van der Waals surface area (Å²) in [7, 11) is 1.76. The van der Waals surface area contributed by atoms with Crippen molar-refractivity contribution < 1.29 is 14.6 Å². The molecule has 5 rings (SSSR count). The quantitative estimate of drug-likeness (QED) is 0.200. The van der Waals surface area contributed by atoms with Gasteiger partial charge in [0, 0.05) is 12.6 Å². The molecule has 0 radical (unpaired) electrons. The fraction of sp³-hybridized carbons (Fsp3) is 0.553. The van der Waals surface area contributed by atoms with Crippen molar-refractivity contribution in [1.82, 2.24) is 5.32 Å². The second-order valence-electron chi connectivity index (χ2n) is 13.3. The minimum absolute atomic E-state index is 0.0214. The molecule has 2 fully saturated rings. The Morgan fingerprint density at radius 3 is 2.60 bits per heavy atom. The standard InChI is InChI=1S/C38H51NO3/c1-4-5-6-9-24-39-36(41)21-16-28-14-12-27(13-15-28)10-7-8-11-29-25-30-26-31(42-3)17-18-32(30)33-22-23-38(2)34(37(29)33)19-20-35(38)40/h7,10,12-18,21,26,29,33-35,37,40H,4-6,8-9,11,19-20,22-25H2,1-3H3,(H,39,41)/t29-,33?,34?,35+,37?,38+/m1/s1. The molecule has 4 nitrogen and oxygen atoms in total. The summed E-state index contributed by atoms with van der Waals surface area (Å²) in [5, 5.41) is 13.9. The Hall–Kier alpha value is -2.85. The van der Waals surface area contributed by atoms with Gasteiger partial charge in [0.2, 0.25) is 5.91 Å². The number of methoxy groups -OCH3 is 1. The number of ether oxygens (including phenoxy) is 1. The summed E-state index contributed by atoms with van der Waals surface area (Å²) in [5.41, 5.74) is 5.31. The second-order valence-corrected chi connectivity index (χ2v) is 13.3. The number of amides is 1. The van der Waals surface area contributed by atoms with Crippen LogP contribution in [0.2, 0.25) is 0 Å². The maximum Gasteiger partial charge on any atom is 0.243 e. The van der Waals surface area contributed by atoms with E-state index in [-0.39, 0.29) is 17.4 Å². The van der Waals surface area contributed by atoms with Crippen LogP contribution in [0.5, 0.6) is 5.75 Å². The Labute approximate surface area is 253 Å². The van der Waals surface area contributed by atoms with E-state index in [1.807, 2.05) is 6.08 Å². The van der Waals surface area contributed by atoms with E-state index in [1.165, 1.54) is 48.8 Å². The summed E-state index contributed by atoms with van der Waals surface area (Å²) in [6.07, 6.45) is 20.4. The molecule has 3 aliphatic rings. The summed E-state index contributed by atoms with van der Waals surface area (Å²) < 4.78 is 5.59. The highest BCUT2D eigenvalue weighted by atomic mass is 16.5. The first kappa shape index (κ1) is 30.6. The summed E-state index contributed by atoms with van der Waals surface area (Å²) in [6, 6.07) is 15.2. The maximum atomic E-state index is 12.1. The van der Waals surface area contributed by atoms with Crippen molar-refractivity contribution in [1.29, 1.82) is 0 Å². The van der Waals surface area contributed by atoms with E-state index < -0.39 is 0 Å². The average Bonchev–Trinajstić information content (AvgIpc) is 3.32. The first-order valence-corrected chi connectivity index (χ1v) is 16.5. The lowest BCUT2D eigenvalue weighted by Gasteiger charge is -2.53. The van der Waals surface area contributed by atoms with Gasteiger partial charge in [-0.3, -0.25) is 4.79 Å². The van der Waals surface area contributed by atoms with Gasteiger partial charge >= 0.3 is 0 Å². The third-order valence-electron chi connectivity index (χ3n) is 10.8. The fourth-order valence-corrected chi connectivity index (χ4v) is 8.39. The van der Waals surface area contributed by atoms with Crippen LogP contribution in [0.3, 0.4) is 0 Å². The molecule has 2 N–H and O–H groups in total. The smallest absolute Gasteiger partial charge is 0.243 e. The number of nitrogens with one attached hydrogen (secondary N) is 1. The van der Waals surface area contributed by atoms with Crippen LogP contribution >= 0.6 is 0 Å². The Bertz CT molecular complexity index is 1250. The highest BCUT2D eigenvalue weighted by Gasteiger charge is 2.56. The first-order chi connectivity index (χ1) is 20.4. The number of hydrogen-bond donors (Lipinski definition) is 2. The molecular weight excluding hydrogens is 518 g/mol. The Balaban J connectivity index is 1.19. The van der Waals surface area contributed by atoms with Crippen LogP contribution < -0.4 is 10.1 Å². The number of fused-ring (bicyclic) bond motifs is 5. The van der Waals surface area contributed by atoms with Gasteiger partial charge in [0.05, 0.1) is 13.2 Å². The molecule has 2 saturated carbocycles. The Morgan fingerprint density at radius 2 is 1.83 bits per heavy atom. The predicted octanol–water partition coefficient (Wildman–Crippen LogP) is 8.34. The SMILES string of the molecule is CCCCCCNC(=O)C=Cc1ccc(C=CCC[C@@H]2Cc3cc(OC)ccc3C3CC[C@@]4(C)C(CC[C@@H]4O)C32)cc1. The third kappa shape index (κ3) is 6.86. The van der Waals surface area contributed by atoms with E-state index in [1.54, 1.807) is 13.2 Å². The molecular formula is C38H51NO3. The van der Waals surface area contributed by atoms with Crippen molar-refractivity contribution in [2.45, 2.75) is 96.5 Å². The van der Waals surface area contributed by atoms with Crippen molar-refractivity contribution in [3.8, 4) is 5.75 Å². The zero-order valence-corrected chi connectivity index (χ0v) is 26.0. The minimum Gasteiger partial charge on any atom is -0.497 e. The lowest BCUT2D eigenvalue weighted by molar-refractivity contribution is -0.116. The predicted molar refractivity (Wildman–Crippen MR) is 173 cm³/mol. The van der Waals surface area contributed by atoms with Crippen molar-refractivity contribution in [3.63, 3.8) is 0 Å². The number of unbranched alkanes of at least 4 members (excludes halogenated alkanes) is 3. The number of carbonyl (C=O) groups is 1. The molecule has 226 valence electrons.